The second kappa shape index (κ2) is 6.71. The average Bonchev–Trinajstić information content (AvgIpc) is 2.55. The third-order valence-corrected chi connectivity index (χ3v) is 4.78. The van der Waals surface area contributed by atoms with E-state index in [0.29, 0.717) is 5.02 Å². The fourth-order valence-corrected chi connectivity index (χ4v) is 3.53. The molecule has 3 rings (SSSR count). The summed E-state index contributed by atoms with van der Waals surface area (Å²) in [5, 5.41) is 1.77. The van der Waals surface area contributed by atoms with Gasteiger partial charge in [0.2, 0.25) is 0 Å². The number of benzene rings is 1. The molecule has 2 aromatic rings. The number of ether oxygens (including phenoxy) is 1. The van der Waals surface area contributed by atoms with Crippen molar-refractivity contribution in [1.29, 1.82) is 0 Å². The van der Waals surface area contributed by atoms with E-state index in [2.05, 4.69) is 9.88 Å². The number of rotatable bonds is 4. The van der Waals surface area contributed by atoms with Gasteiger partial charge in [0, 0.05) is 24.7 Å². The monoisotopic (exact) mass is 319 g/mol. The van der Waals surface area contributed by atoms with E-state index in [9.17, 15) is 0 Å². The zero-order valence-electron chi connectivity index (χ0n) is 12.9. The first-order valence-corrected chi connectivity index (χ1v) is 8.18. The lowest BCUT2D eigenvalue weighted by Crippen LogP contribution is -2.34. The number of aromatic nitrogens is 1. The molecular formula is C17H22ClN3O. The van der Waals surface area contributed by atoms with Crippen LogP contribution in [-0.4, -0.2) is 31.7 Å². The molecule has 1 aliphatic heterocycles. The molecule has 1 aliphatic rings. The maximum atomic E-state index is 6.46. The van der Waals surface area contributed by atoms with Gasteiger partial charge in [0.1, 0.15) is 5.75 Å². The van der Waals surface area contributed by atoms with Crippen molar-refractivity contribution in [2.75, 3.05) is 31.6 Å². The number of nitrogens with zero attached hydrogens (tertiary/aromatic N) is 2. The number of nitrogens with two attached hydrogens (primary N) is 1. The Morgan fingerprint density at radius 2 is 2.14 bits per heavy atom. The van der Waals surface area contributed by atoms with Crippen LogP contribution in [0.15, 0.2) is 24.4 Å². The van der Waals surface area contributed by atoms with Crippen molar-refractivity contribution >= 4 is 28.2 Å². The number of hydrogen-bond acceptors (Lipinski definition) is 4. The van der Waals surface area contributed by atoms with Gasteiger partial charge in [-0.2, -0.15) is 0 Å². The Morgan fingerprint density at radius 1 is 1.36 bits per heavy atom. The average molecular weight is 320 g/mol. The smallest absolute Gasteiger partial charge is 0.119 e. The largest absolute Gasteiger partial charge is 0.497 e. The fraction of sp³-hybridized carbons (Fsp3) is 0.471. The predicted octanol–water partition coefficient (Wildman–Crippen LogP) is 3.46. The van der Waals surface area contributed by atoms with Crippen LogP contribution in [0.3, 0.4) is 0 Å². The number of methoxy groups -OCH3 is 1. The van der Waals surface area contributed by atoms with Crippen LogP contribution in [0.25, 0.3) is 10.9 Å². The minimum Gasteiger partial charge on any atom is -0.497 e. The van der Waals surface area contributed by atoms with Gasteiger partial charge in [0.15, 0.2) is 0 Å². The Hall–Kier alpha value is -1.52. The summed E-state index contributed by atoms with van der Waals surface area (Å²) in [7, 11) is 1.68. The number of hydrogen-bond donors (Lipinski definition) is 1. The highest BCUT2D eigenvalue weighted by Gasteiger charge is 2.22. The van der Waals surface area contributed by atoms with E-state index in [-0.39, 0.29) is 0 Å². The van der Waals surface area contributed by atoms with Crippen LogP contribution in [0.4, 0.5) is 5.69 Å². The summed E-state index contributed by atoms with van der Waals surface area (Å²) >= 11 is 6.46. The topological polar surface area (TPSA) is 51.4 Å². The summed E-state index contributed by atoms with van der Waals surface area (Å²) < 4.78 is 5.35. The van der Waals surface area contributed by atoms with Crippen LogP contribution >= 0.6 is 11.6 Å². The maximum Gasteiger partial charge on any atom is 0.119 e. The van der Waals surface area contributed by atoms with Crippen molar-refractivity contribution in [2.24, 2.45) is 11.7 Å². The Kier molecular flexibility index (Phi) is 4.69. The highest BCUT2D eigenvalue weighted by molar-refractivity contribution is 6.34. The van der Waals surface area contributed by atoms with Crippen LogP contribution in [0.5, 0.6) is 5.75 Å². The van der Waals surface area contributed by atoms with Crippen molar-refractivity contribution in [3.63, 3.8) is 0 Å². The summed E-state index contributed by atoms with van der Waals surface area (Å²) in [5.41, 5.74) is 7.71. The molecule has 2 heterocycles. The lowest BCUT2D eigenvalue weighted by atomic mass is 9.93. The Balaban J connectivity index is 1.94. The quantitative estimate of drug-likeness (QED) is 0.937. The number of fused-ring (bicyclic) bond motifs is 1. The second-order valence-electron chi connectivity index (χ2n) is 5.85. The molecule has 0 radical (unpaired) electrons. The number of piperidine rings is 1. The molecule has 1 fully saturated rings. The first-order chi connectivity index (χ1) is 10.7. The molecule has 0 aliphatic carbocycles. The molecule has 2 N–H and O–H groups in total. The molecular weight excluding hydrogens is 298 g/mol. The normalized spacial score (nSPS) is 16.2. The van der Waals surface area contributed by atoms with Gasteiger partial charge >= 0.3 is 0 Å². The Labute approximate surface area is 136 Å². The van der Waals surface area contributed by atoms with Crippen molar-refractivity contribution in [3.8, 4) is 5.75 Å². The first kappa shape index (κ1) is 15.4. The Morgan fingerprint density at radius 3 is 2.82 bits per heavy atom. The van der Waals surface area contributed by atoms with Crippen molar-refractivity contribution < 1.29 is 4.74 Å². The van der Waals surface area contributed by atoms with Crippen LogP contribution in [0.2, 0.25) is 5.02 Å². The van der Waals surface area contributed by atoms with E-state index < -0.39 is 0 Å². The summed E-state index contributed by atoms with van der Waals surface area (Å²) in [6, 6.07) is 5.94. The minimum atomic E-state index is 0.707. The molecule has 1 aromatic carbocycles. The van der Waals surface area contributed by atoms with E-state index >= 15 is 0 Å². The van der Waals surface area contributed by atoms with Gasteiger partial charge in [-0.25, -0.2) is 0 Å². The lowest BCUT2D eigenvalue weighted by Gasteiger charge is -2.34. The zero-order chi connectivity index (χ0) is 15.5. The standard InChI is InChI=1S/C17H22ClN3O/c1-22-13-2-3-16-14(10-13)17(15(18)11-20-16)21-8-5-12(4-7-19)6-9-21/h2-3,10-12H,4-9,19H2,1H3. The molecule has 0 saturated carbocycles. The van der Waals surface area contributed by atoms with E-state index in [0.717, 1.165) is 54.3 Å². The van der Waals surface area contributed by atoms with Crippen LogP contribution in [-0.2, 0) is 0 Å². The van der Waals surface area contributed by atoms with Gasteiger partial charge < -0.3 is 15.4 Å². The van der Waals surface area contributed by atoms with Crippen molar-refractivity contribution in [2.45, 2.75) is 19.3 Å². The lowest BCUT2D eigenvalue weighted by molar-refractivity contribution is 0.386. The SMILES string of the molecule is COc1ccc2ncc(Cl)c(N3CCC(CCN)CC3)c2c1. The molecule has 1 aromatic heterocycles. The molecule has 22 heavy (non-hydrogen) atoms. The molecule has 0 amide bonds. The molecule has 118 valence electrons. The highest BCUT2D eigenvalue weighted by Crippen LogP contribution is 2.37. The molecule has 0 unspecified atom stereocenters. The van der Waals surface area contributed by atoms with Crippen molar-refractivity contribution in [1.82, 2.24) is 4.98 Å². The molecule has 1 saturated heterocycles. The van der Waals surface area contributed by atoms with Gasteiger partial charge in [0.25, 0.3) is 0 Å². The minimum absolute atomic E-state index is 0.707. The van der Waals surface area contributed by atoms with Gasteiger partial charge in [-0.05, 0) is 49.9 Å². The summed E-state index contributed by atoms with van der Waals surface area (Å²) in [4.78, 5) is 6.80. The van der Waals surface area contributed by atoms with Crippen LogP contribution < -0.4 is 15.4 Å². The number of pyridine rings is 1. The van der Waals surface area contributed by atoms with Crippen LogP contribution in [0.1, 0.15) is 19.3 Å². The first-order valence-electron chi connectivity index (χ1n) is 7.80. The molecule has 0 spiro atoms. The van der Waals surface area contributed by atoms with Crippen LogP contribution in [0, 0.1) is 5.92 Å². The van der Waals surface area contributed by atoms with E-state index in [1.165, 1.54) is 12.8 Å². The highest BCUT2D eigenvalue weighted by atomic mass is 35.5. The number of anilines is 1. The fourth-order valence-electron chi connectivity index (χ4n) is 3.26. The molecule has 0 bridgehead atoms. The zero-order valence-corrected chi connectivity index (χ0v) is 13.6. The molecule has 5 heteroatoms. The van der Waals surface area contributed by atoms with Gasteiger partial charge in [0.05, 0.1) is 23.3 Å². The second-order valence-corrected chi connectivity index (χ2v) is 6.25. The van der Waals surface area contributed by atoms with Crippen molar-refractivity contribution in [3.05, 3.63) is 29.4 Å². The van der Waals surface area contributed by atoms with E-state index in [1.54, 1.807) is 13.3 Å². The van der Waals surface area contributed by atoms with Gasteiger partial charge in [-0.3, -0.25) is 4.98 Å². The van der Waals surface area contributed by atoms with Gasteiger partial charge in [-0.15, -0.1) is 0 Å². The summed E-state index contributed by atoms with van der Waals surface area (Å²) in [5.74, 6) is 1.57. The van der Waals surface area contributed by atoms with E-state index in [1.807, 2.05) is 18.2 Å². The maximum absolute atomic E-state index is 6.46. The third-order valence-electron chi connectivity index (χ3n) is 4.51. The summed E-state index contributed by atoms with van der Waals surface area (Å²) in [6.45, 7) is 2.81. The van der Waals surface area contributed by atoms with Gasteiger partial charge in [-0.1, -0.05) is 11.6 Å². The number of halogens is 1. The summed E-state index contributed by atoms with van der Waals surface area (Å²) in [6.07, 6.45) is 5.20. The predicted molar refractivity (Wildman–Crippen MR) is 91.9 cm³/mol. The Bertz CT molecular complexity index is 654. The third kappa shape index (κ3) is 2.99. The molecule has 0 atom stereocenters. The molecule has 4 nitrogen and oxygen atoms in total. The van der Waals surface area contributed by atoms with E-state index in [4.69, 9.17) is 22.1 Å².